The molecule has 1 aromatic carbocycles. The Balaban J connectivity index is 1.88. The van der Waals surface area contributed by atoms with Gasteiger partial charge in [0, 0.05) is 14.1 Å². The van der Waals surface area contributed by atoms with E-state index in [1.165, 1.54) is 4.68 Å². The Bertz CT molecular complexity index is 1120. The monoisotopic (exact) mass is 323 g/mol. The molecule has 0 saturated heterocycles. The molecular formula is C17H17N5O2. The highest BCUT2D eigenvalue weighted by molar-refractivity contribution is 6.05. The molecule has 3 heterocycles. The number of methoxy groups -OCH3 is 1. The smallest absolute Gasteiger partial charge is 0.291 e. The molecule has 0 spiro atoms. The van der Waals surface area contributed by atoms with Gasteiger partial charge in [-0.15, -0.1) is 0 Å². The van der Waals surface area contributed by atoms with Crippen molar-refractivity contribution in [1.29, 1.82) is 0 Å². The lowest BCUT2D eigenvalue weighted by Crippen LogP contribution is -2.24. The minimum Gasteiger partial charge on any atom is -0.497 e. The highest BCUT2D eigenvalue weighted by atomic mass is 16.5. The molecule has 0 atom stereocenters. The minimum absolute atomic E-state index is 0.117. The second-order valence-electron chi connectivity index (χ2n) is 5.78. The third kappa shape index (κ3) is 2.01. The molecule has 0 saturated carbocycles. The van der Waals surface area contributed by atoms with Gasteiger partial charge in [-0.3, -0.25) is 9.48 Å². The summed E-state index contributed by atoms with van der Waals surface area (Å²) in [5, 5.41) is 9.42. The predicted molar refractivity (Wildman–Crippen MR) is 91.3 cm³/mol. The van der Waals surface area contributed by atoms with Crippen molar-refractivity contribution >= 4 is 21.9 Å². The first-order valence-electron chi connectivity index (χ1n) is 7.59. The van der Waals surface area contributed by atoms with Crippen LogP contribution in [0.15, 0.2) is 41.5 Å². The molecule has 0 aliphatic rings. The van der Waals surface area contributed by atoms with Gasteiger partial charge in [-0.05, 0) is 17.7 Å². The maximum Gasteiger partial charge on any atom is 0.291 e. The van der Waals surface area contributed by atoms with E-state index in [9.17, 15) is 4.79 Å². The lowest BCUT2D eigenvalue weighted by Gasteiger charge is -2.07. The van der Waals surface area contributed by atoms with Gasteiger partial charge in [0.25, 0.3) is 5.56 Å². The molecule has 0 fully saturated rings. The van der Waals surface area contributed by atoms with Gasteiger partial charge in [0.15, 0.2) is 0 Å². The van der Waals surface area contributed by atoms with Gasteiger partial charge in [0.1, 0.15) is 11.3 Å². The fourth-order valence-electron chi connectivity index (χ4n) is 3.14. The van der Waals surface area contributed by atoms with Crippen LogP contribution in [0.1, 0.15) is 5.56 Å². The van der Waals surface area contributed by atoms with Gasteiger partial charge < -0.3 is 9.30 Å². The molecule has 0 amide bonds. The molecule has 0 radical (unpaired) electrons. The molecular weight excluding hydrogens is 306 g/mol. The summed E-state index contributed by atoms with van der Waals surface area (Å²) in [7, 11) is 5.37. The second kappa shape index (κ2) is 5.23. The maximum atomic E-state index is 12.9. The van der Waals surface area contributed by atoms with E-state index in [0.717, 1.165) is 27.7 Å². The Morgan fingerprint density at radius 3 is 2.75 bits per heavy atom. The average molecular weight is 323 g/mol. The molecule has 24 heavy (non-hydrogen) atoms. The zero-order valence-electron chi connectivity index (χ0n) is 13.7. The van der Waals surface area contributed by atoms with Crippen LogP contribution in [0.3, 0.4) is 0 Å². The van der Waals surface area contributed by atoms with Crippen LogP contribution in [-0.2, 0) is 20.6 Å². The molecule has 0 N–H and O–H groups in total. The molecule has 0 bridgehead atoms. The summed E-state index contributed by atoms with van der Waals surface area (Å²) in [6, 6.07) is 7.63. The van der Waals surface area contributed by atoms with Crippen LogP contribution in [0.4, 0.5) is 0 Å². The third-order valence-electron chi connectivity index (χ3n) is 4.36. The molecule has 0 unspecified atom stereocenters. The maximum absolute atomic E-state index is 12.9. The van der Waals surface area contributed by atoms with Crippen LogP contribution in [-0.4, -0.2) is 31.2 Å². The van der Waals surface area contributed by atoms with Crippen molar-refractivity contribution in [3.63, 3.8) is 0 Å². The Morgan fingerprint density at radius 1 is 1.12 bits per heavy atom. The largest absolute Gasteiger partial charge is 0.497 e. The van der Waals surface area contributed by atoms with Crippen molar-refractivity contribution in [1.82, 2.24) is 24.1 Å². The van der Waals surface area contributed by atoms with E-state index in [1.807, 2.05) is 42.9 Å². The Hall–Kier alpha value is -3.09. The van der Waals surface area contributed by atoms with Gasteiger partial charge in [0.2, 0.25) is 0 Å². The fourth-order valence-corrected chi connectivity index (χ4v) is 3.14. The van der Waals surface area contributed by atoms with Gasteiger partial charge >= 0.3 is 0 Å². The van der Waals surface area contributed by atoms with Crippen LogP contribution in [0, 0.1) is 0 Å². The van der Waals surface area contributed by atoms with Crippen molar-refractivity contribution < 1.29 is 4.74 Å². The van der Waals surface area contributed by atoms with Crippen LogP contribution in [0.25, 0.3) is 21.9 Å². The zero-order chi connectivity index (χ0) is 16.8. The molecule has 122 valence electrons. The van der Waals surface area contributed by atoms with E-state index >= 15 is 0 Å². The summed E-state index contributed by atoms with van der Waals surface area (Å²) in [6.45, 7) is 0.395. The number of benzene rings is 1. The van der Waals surface area contributed by atoms with Gasteiger partial charge in [-0.2, -0.15) is 10.2 Å². The summed E-state index contributed by atoms with van der Waals surface area (Å²) >= 11 is 0. The zero-order valence-corrected chi connectivity index (χ0v) is 13.7. The van der Waals surface area contributed by atoms with Crippen molar-refractivity contribution in [3.8, 4) is 5.75 Å². The van der Waals surface area contributed by atoms with E-state index in [4.69, 9.17) is 4.74 Å². The summed E-state index contributed by atoms with van der Waals surface area (Å²) in [6.07, 6.45) is 3.50. The first-order valence-corrected chi connectivity index (χ1v) is 7.59. The number of ether oxygens (including phenoxy) is 1. The SMILES string of the molecule is COc1cccc(Cn2ncc3c4c(cnn4C)n(C)c3c2=O)c1. The molecule has 3 aromatic heterocycles. The van der Waals surface area contributed by atoms with Crippen molar-refractivity contribution in [2.45, 2.75) is 6.54 Å². The Morgan fingerprint density at radius 2 is 1.96 bits per heavy atom. The summed E-state index contributed by atoms with van der Waals surface area (Å²) in [5.41, 5.74) is 3.32. The second-order valence-corrected chi connectivity index (χ2v) is 5.78. The summed E-state index contributed by atoms with van der Waals surface area (Å²) in [5.74, 6) is 0.761. The number of nitrogens with zero attached hydrogens (tertiary/aromatic N) is 5. The Labute approximate surface area is 137 Å². The molecule has 0 aliphatic heterocycles. The van der Waals surface area contributed by atoms with Crippen LogP contribution in [0.2, 0.25) is 0 Å². The third-order valence-corrected chi connectivity index (χ3v) is 4.36. The molecule has 7 heteroatoms. The fraction of sp³-hybridized carbons (Fsp3) is 0.235. The van der Waals surface area contributed by atoms with Gasteiger partial charge in [-0.1, -0.05) is 12.1 Å². The molecule has 4 aromatic rings. The highest BCUT2D eigenvalue weighted by Gasteiger charge is 2.16. The topological polar surface area (TPSA) is 66.9 Å². The van der Waals surface area contributed by atoms with Crippen LogP contribution < -0.4 is 10.3 Å². The summed E-state index contributed by atoms with van der Waals surface area (Å²) in [4.78, 5) is 12.9. The van der Waals surface area contributed by atoms with E-state index in [2.05, 4.69) is 10.2 Å². The minimum atomic E-state index is -0.117. The van der Waals surface area contributed by atoms with Crippen molar-refractivity contribution in [2.75, 3.05) is 7.11 Å². The van der Waals surface area contributed by atoms with E-state index in [1.54, 1.807) is 24.2 Å². The van der Waals surface area contributed by atoms with Gasteiger partial charge in [0.05, 0.1) is 42.5 Å². The normalized spacial score (nSPS) is 11.5. The van der Waals surface area contributed by atoms with E-state index in [-0.39, 0.29) is 5.56 Å². The average Bonchev–Trinajstić information content (AvgIpc) is 3.10. The number of aryl methyl sites for hydroxylation is 2. The molecule has 4 rings (SSSR count). The van der Waals surface area contributed by atoms with E-state index in [0.29, 0.717) is 12.1 Å². The Kier molecular flexibility index (Phi) is 3.16. The molecule has 0 aliphatic carbocycles. The number of hydrogen-bond acceptors (Lipinski definition) is 4. The quantitative estimate of drug-likeness (QED) is 0.575. The molecule has 7 nitrogen and oxygen atoms in total. The first kappa shape index (κ1) is 14.5. The summed E-state index contributed by atoms with van der Waals surface area (Å²) < 4.78 is 10.4. The lowest BCUT2D eigenvalue weighted by molar-refractivity contribution is 0.414. The number of hydrogen-bond donors (Lipinski definition) is 0. The number of rotatable bonds is 3. The number of aromatic nitrogens is 5. The standard InChI is InChI=1S/C17H17N5O2/c1-20-14-9-18-21(2)15(14)13-8-19-22(17(23)16(13)20)10-11-5-4-6-12(7-11)24-3/h4-9H,10H2,1-3H3. The highest BCUT2D eigenvalue weighted by Crippen LogP contribution is 2.24. The van der Waals surface area contributed by atoms with Gasteiger partial charge in [-0.25, -0.2) is 4.68 Å². The van der Waals surface area contributed by atoms with Crippen molar-refractivity contribution in [3.05, 3.63) is 52.6 Å². The lowest BCUT2D eigenvalue weighted by atomic mass is 10.2. The number of fused-ring (bicyclic) bond motifs is 3. The predicted octanol–water partition coefficient (Wildman–Crippen LogP) is 1.68. The van der Waals surface area contributed by atoms with Crippen molar-refractivity contribution in [2.24, 2.45) is 14.1 Å². The van der Waals surface area contributed by atoms with Crippen LogP contribution in [0.5, 0.6) is 5.75 Å². The van der Waals surface area contributed by atoms with Crippen LogP contribution >= 0.6 is 0 Å². The first-order chi connectivity index (χ1) is 11.6. The van der Waals surface area contributed by atoms with E-state index < -0.39 is 0 Å².